The number of benzene rings is 1. The summed E-state index contributed by atoms with van der Waals surface area (Å²) in [5, 5.41) is 9.08. The van der Waals surface area contributed by atoms with Crippen LogP contribution >= 0.6 is 15.9 Å². The van der Waals surface area contributed by atoms with Crippen LogP contribution in [0.25, 0.3) is 0 Å². The van der Waals surface area contributed by atoms with Crippen LogP contribution in [0.15, 0.2) is 21.5 Å². The normalized spacial score (nSPS) is 12.1. The summed E-state index contributed by atoms with van der Waals surface area (Å²) in [5.41, 5.74) is 0.458. The molecule has 1 N–H and O–H groups in total. The zero-order valence-electron chi connectivity index (χ0n) is 12.6. The number of carbonyl (C=O) groups is 1. The van der Waals surface area contributed by atoms with Gasteiger partial charge in [-0.2, -0.15) is 0 Å². The van der Waals surface area contributed by atoms with E-state index in [1.807, 2.05) is 13.8 Å². The Kier molecular flexibility index (Phi) is 5.95. The SMILES string of the molecule is Cc1c(Br)cc(C(=O)O)cc1S(=O)(=O)N(C)CCC(C)C. The first-order valence-corrected chi connectivity index (χ1v) is 8.80. The van der Waals surface area contributed by atoms with Crippen molar-refractivity contribution in [3.8, 4) is 0 Å². The average molecular weight is 378 g/mol. The number of carboxylic acid groups (broad SMARTS) is 1. The molecule has 1 rings (SSSR count). The van der Waals surface area contributed by atoms with E-state index in [2.05, 4.69) is 15.9 Å². The third-order valence-corrected chi connectivity index (χ3v) is 6.06. The van der Waals surface area contributed by atoms with E-state index in [1.54, 1.807) is 6.92 Å². The minimum atomic E-state index is -3.70. The Morgan fingerprint density at radius 2 is 1.95 bits per heavy atom. The highest BCUT2D eigenvalue weighted by molar-refractivity contribution is 9.10. The zero-order chi connectivity index (χ0) is 16.4. The molecule has 0 aromatic heterocycles. The monoisotopic (exact) mass is 377 g/mol. The molecule has 0 spiro atoms. The summed E-state index contributed by atoms with van der Waals surface area (Å²) in [6, 6.07) is 2.62. The molecule has 0 radical (unpaired) electrons. The van der Waals surface area contributed by atoms with Gasteiger partial charge in [-0.1, -0.05) is 29.8 Å². The Labute approximate surface area is 134 Å². The van der Waals surface area contributed by atoms with Gasteiger partial charge in [0, 0.05) is 18.1 Å². The molecule has 0 saturated heterocycles. The van der Waals surface area contributed by atoms with Crippen molar-refractivity contribution in [2.45, 2.75) is 32.1 Å². The van der Waals surface area contributed by atoms with E-state index in [-0.39, 0.29) is 10.5 Å². The molecule has 0 aliphatic rings. The van der Waals surface area contributed by atoms with Crippen LogP contribution in [0.2, 0.25) is 0 Å². The molecule has 0 unspecified atom stereocenters. The zero-order valence-corrected chi connectivity index (χ0v) is 15.0. The minimum Gasteiger partial charge on any atom is -0.478 e. The smallest absolute Gasteiger partial charge is 0.335 e. The summed E-state index contributed by atoms with van der Waals surface area (Å²) in [7, 11) is -2.19. The summed E-state index contributed by atoms with van der Waals surface area (Å²) in [6.45, 7) is 6.09. The Morgan fingerprint density at radius 3 is 2.43 bits per heavy atom. The fourth-order valence-electron chi connectivity index (χ4n) is 1.77. The van der Waals surface area contributed by atoms with Crippen molar-refractivity contribution >= 4 is 31.9 Å². The van der Waals surface area contributed by atoms with Gasteiger partial charge in [0.25, 0.3) is 0 Å². The number of hydrogen-bond acceptors (Lipinski definition) is 3. The standard InChI is InChI=1S/C14H20BrNO4S/c1-9(2)5-6-16(4)21(19,20)13-8-11(14(17)18)7-12(15)10(13)3/h7-9H,5-6H2,1-4H3,(H,17,18). The van der Waals surface area contributed by atoms with Gasteiger partial charge >= 0.3 is 5.97 Å². The molecule has 0 fully saturated rings. The average Bonchev–Trinajstić information content (AvgIpc) is 2.38. The first-order chi connectivity index (χ1) is 9.57. The maximum atomic E-state index is 12.6. The van der Waals surface area contributed by atoms with Gasteiger partial charge in [-0.25, -0.2) is 17.5 Å². The van der Waals surface area contributed by atoms with Crippen LogP contribution in [-0.4, -0.2) is 37.4 Å². The van der Waals surface area contributed by atoms with Gasteiger partial charge in [-0.05, 0) is 37.0 Å². The molecule has 5 nitrogen and oxygen atoms in total. The van der Waals surface area contributed by atoms with E-state index in [0.29, 0.717) is 22.5 Å². The second-order valence-electron chi connectivity index (χ2n) is 5.40. The number of hydrogen-bond donors (Lipinski definition) is 1. The molecule has 0 saturated carbocycles. The predicted octanol–water partition coefficient (Wildman–Crippen LogP) is 3.12. The van der Waals surface area contributed by atoms with Gasteiger partial charge in [0.05, 0.1) is 10.5 Å². The number of carboxylic acids is 1. The van der Waals surface area contributed by atoms with Crippen molar-refractivity contribution in [2.75, 3.05) is 13.6 Å². The van der Waals surface area contributed by atoms with E-state index >= 15 is 0 Å². The van der Waals surface area contributed by atoms with Crippen LogP contribution in [0.4, 0.5) is 0 Å². The van der Waals surface area contributed by atoms with Gasteiger partial charge in [-0.15, -0.1) is 0 Å². The quantitative estimate of drug-likeness (QED) is 0.826. The Balaban J connectivity index is 3.27. The highest BCUT2D eigenvalue weighted by Gasteiger charge is 2.25. The summed E-state index contributed by atoms with van der Waals surface area (Å²) < 4.78 is 27.0. The van der Waals surface area contributed by atoms with Crippen LogP contribution < -0.4 is 0 Å². The molecule has 1 aromatic rings. The van der Waals surface area contributed by atoms with E-state index in [0.717, 1.165) is 6.42 Å². The van der Waals surface area contributed by atoms with Crippen molar-refractivity contribution in [3.05, 3.63) is 27.7 Å². The number of nitrogens with zero attached hydrogens (tertiary/aromatic N) is 1. The van der Waals surface area contributed by atoms with Crippen LogP contribution in [0.1, 0.15) is 36.2 Å². The van der Waals surface area contributed by atoms with Crippen LogP contribution in [0.5, 0.6) is 0 Å². The highest BCUT2D eigenvalue weighted by Crippen LogP contribution is 2.28. The largest absolute Gasteiger partial charge is 0.478 e. The molecule has 7 heteroatoms. The molecule has 0 heterocycles. The molecule has 0 aliphatic carbocycles. The van der Waals surface area contributed by atoms with E-state index in [9.17, 15) is 13.2 Å². The number of sulfonamides is 1. The predicted molar refractivity (Wildman–Crippen MR) is 85.1 cm³/mol. The third-order valence-electron chi connectivity index (χ3n) is 3.25. The van der Waals surface area contributed by atoms with Crippen molar-refractivity contribution in [3.63, 3.8) is 0 Å². The third kappa shape index (κ3) is 4.28. The lowest BCUT2D eigenvalue weighted by molar-refractivity contribution is 0.0696. The van der Waals surface area contributed by atoms with Gasteiger partial charge in [0.1, 0.15) is 0 Å². The maximum Gasteiger partial charge on any atom is 0.335 e. The summed E-state index contributed by atoms with van der Waals surface area (Å²) >= 11 is 3.22. The van der Waals surface area contributed by atoms with Crippen LogP contribution in [0, 0.1) is 12.8 Å². The molecular weight excluding hydrogens is 358 g/mol. The van der Waals surface area contributed by atoms with Gasteiger partial charge in [0.15, 0.2) is 0 Å². The van der Waals surface area contributed by atoms with Gasteiger partial charge in [0.2, 0.25) is 10.0 Å². The lowest BCUT2D eigenvalue weighted by atomic mass is 10.1. The van der Waals surface area contributed by atoms with E-state index < -0.39 is 16.0 Å². The van der Waals surface area contributed by atoms with Gasteiger partial charge < -0.3 is 5.11 Å². The Bertz CT molecular complexity index is 641. The number of halogens is 1. The second kappa shape index (κ2) is 6.89. The van der Waals surface area contributed by atoms with Gasteiger partial charge in [-0.3, -0.25) is 0 Å². The van der Waals surface area contributed by atoms with E-state index in [1.165, 1.54) is 23.5 Å². The Morgan fingerprint density at radius 1 is 1.38 bits per heavy atom. The first kappa shape index (κ1) is 18.1. The molecule has 21 heavy (non-hydrogen) atoms. The fourth-order valence-corrected chi connectivity index (χ4v) is 3.82. The molecule has 1 aromatic carbocycles. The first-order valence-electron chi connectivity index (χ1n) is 6.57. The molecule has 118 valence electrons. The molecule has 0 aliphatic heterocycles. The number of aromatic carboxylic acids is 1. The summed E-state index contributed by atoms with van der Waals surface area (Å²) in [6.07, 6.45) is 0.745. The topological polar surface area (TPSA) is 74.7 Å². The summed E-state index contributed by atoms with van der Waals surface area (Å²) in [5.74, 6) is -0.766. The maximum absolute atomic E-state index is 12.6. The van der Waals surface area contributed by atoms with Crippen molar-refractivity contribution in [1.29, 1.82) is 0 Å². The highest BCUT2D eigenvalue weighted by atomic mass is 79.9. The van der Waals surface area contributed by atoms with E-state index in [4.69, 9.17) is 5.11 Å². The van der Waals surface area contributed by atoms with Crippen LogP contribution in [-0.2, 0) is 10.0 Å². The molecule has 0 amide bonds. The molecule has 0 bridgehead atoms. The second-order valence-corrected chi connectivity index (χ2v) is 8.26. The molecule has 0 atom stereocenters. The summed E-state index contributed by atoms with van der Waals surface area (Å²) in [4.78, 5) is 11.1. The fraction of sp³-hybridized carbons (Fsp3) is 0.500. The van der Waals surface area contributed by atoms with Crippen molar-refractivity contribution in [2.24, 2.45) is 5.92 Å². The number of rotatable bonds is 6. The molecular formula is C14H20BrNO4S. The minimum absolute atomic E-state index is 0.0283. The van der Waals surface area contributed by atoms with Crippen LogP contribution in [0.3, 0.4) is 0 Å². The lowest BCUT2D eigenvalue weighted by Crippen LogP contribution is -2.29. The lowest BCUT2D eigenvalue weighted by Gasteiger charge is -2.20. The Hall–Kier alpha value is -0.920. The van der Waals surface area contributed by atoms with Crippen molar-refractivity contribution < 1.29 is 18.3 Å². The van der Waals surface area contributed by atoms with Crippen molar-refractivity contribution in [1.82, 2.24) is 4.31 Å².